The van der Waals surface area contributed by atoms with Crippen LogP contribution in [-0.4, -0.2) is 28.8 Å². The van der Waals surface area contributed by atoms with Crippen LogP contribution in [-0.2, 0) is 6.54 Å². The summed E-state index contributed by atoms with van der Waals surface area (Å²) in [5.74, 6) is 0.411. The fraction of sp³-hybridized carbons (Fsp3) is 0.700. The molecule has 0 amide bonds. The maximum Gasteiger partial charge on any atom is 0.389 e. The third-order valence-corrected chi connectivity index (χ3v) is 2.80. The van der Waals surface area contributed by atoms with Gasteiger partial charge in [0, 0.05) is 43.9 Å². The van der Waals surface area contributed by atoms with E-state index in [1.165, 1.54) is 0 Å². The van der Waals surface area contributed by atoms with Crippen molar-refractivity contribution in [3.63, 3.8) is 0 Å². The lowest BCUT2D eigenvalue weighted by Gasteiger charge is -2.27. The fourth-order valence-corrected chi connectivity index (χ4v) is 1.81. The van der Waals surface area contributed by atoms with Crippen LogP contribution in [0, 0.1) is 0 Å². The molecule has 0 unspecified atom stereocenters. The molecule has 1 aliphatic heterocycles. The summed E-state index contributed by atoms with van der Waals surface area (Å²) in [6, 6.07) is 0. The van der Waals surface area contributed by atoms with Crippen molar-refractivity contribution in [2.24, 2.45) is 0 Å². The second kappa shape index (κ2) is 4.45. The minimum Gasteiger partial charge on any atom is -0.334 e. The van der Waals surface area contributed by atoms with Crippen molar-refractivity contribution in [1.29, 1.82) is 0 Å². The molecule has 2 rings (SSSR count). The summed E-state index contributed by atoms with van der Waals surface area (Å²) in [5.41, 5.74) is 1.04. The molecule has 1 N–H and O–H groups in total. The van der Waals surface area contributed by atoms with Crippen LogP contribution in [0.5, 0.6) is 0 Å². The zero-order valence-electron chi connectivity index (χ0n) is 8.80. The molecule has 0 aliphatic carbocycles. The van der Waals surface area contributed by atoms with Crippen LogP contribution in [0.4, 0.5) is 13.2 Å². The number of aromatic nitrogens is 2. The van der Waals surface area contributed by atoms with Crippen molar-refractivity contribution >= 4 is 0 Å². The molecule has 1 saturated heterocycles. The van der Waals surface area contributed by atoms with Gasteiger partial charge in [-0.2, -0.15) is 13.2 Å². The first-order valence-electron chi connectivity index (χ1n) is 5.34. The zero-order chi connectivity index (χ0) is 11.6. The van der Waals surface area contributed by atoms with Gasteiger partial charge in [0.1, 0.15) is 0 Å². The highest BCUT2D eigenvalue weighted by molar-refractivity contribution is 5.11. The van der Waals surface area contributed by atoms with Crippen LogP contribution in [0.25, 0.3) is 0 Å². The second-order valence-electron chi connectivity index (χ2n) is 4.09. The number of hydrogen-bond donors (Lipinski definition) is 1. The summed E-state index contributed by atoms with van der Waals surface area (Å²) in [6.45, 7) is 2.18. The van der Waals surface area contributed by atoms with Crippen LogP contribution >= 0.6 is 0 Å². The molecule has 1 aromatic rings. The van der Waals surface area contributed by atoms with Crippen molar-refractivity contribution in [2.75, 3.05) is 13.1 Å². The van der Waals surface area contributed by atoms with Crippen molar-refractivity contribution < 1.29 is 13.2 Å². The SMILES string of the molecule is FC(F)(F)CCCn1cncc1C1CNC1. The molecular weight excluding hydrogens is 219 g/mol. The number of nitrogens with one attached hydrogen (secondary N) is 1. The van der Waals surface area contributed by atoms with Gasteiger partial charge < -0.3 is 9.88 Å². The Morgan fingerprint density at radius 1 is 1.44 bits per heavy atom. The Labute approximate surface area is 91.7 Å². The average Bonchev–Trinajstić information content (AvgIpc) is 2.48. The molecule has 6 heteroatoms. The van der Waals surface area contributed by atoms with E-state index < -0.39 is 12.6 Å². The highest BCUT2D eigenvalue weighted by Crippen LogP contribution is 2.23. The monoisotopic (exact) mass is 233 g/mol. The van der Waals surface area contributed by atoms with Crippen LogP contribution in [0.3, 0.4) is 0 Å². The Morgan fingerprint density at radius 2 is 2.19 bits per heavy atom. The van der Waals surface area contributed by atoms with Gasteiger partial charge in [-0.25, -0.2) is 4.98 Å². The number of nitrogens with zero attached hydrogens (tertiary/aromatic N) is 2. The van der Waals surface area contributed by atoms with Gasteiger partial charge in [-0.3, -0.25) is 0 Å². The van der Waals surface area contributed by atoms with Crippen LogP contribution < -0.4 is 5.32 Å². The number of halogens is 3. The fourth-order valence-electron chi connectivity index (χ4n) is 1.81. The summed E-state index contributed by atoms with van der Waals surface area (Å²) < 4.78 is 37.8. The van der Waals surface area contributed by atoms with Crippen LogP contribution in [0.1, 0.15) is 24.5 Å². The molecule has 0 atom stereocenters. The van der Waals surface area contributed by atoms with Gasteiger partial charge in [0.05, 0.1) is 6.33 Å². The summed E-state index contributed by atoms with van der Waals surface area (Å²) in [7, 11) is 0. The lowest BCUT2D eigenvalue weighted by molar-refractivity contribution is -0.135. The topological polar surface area (TPSA) is 29.9 Å². The second-order valence-corrected chi connectivity index (χ2v) is 4.09. The standard InChI is InChI=1S/C10H14F3N3/c11-10(12,13)2-1-3-16-7-15-6-9(16)8-4-14-5-8/h6-8,14H,1-5H2. The quantitative estimate of drug-likeness (QED) is 0.861. The van der Waals surface area contributed by atoms with E-state index in [9.17, 15) is 13.2 Å². The number of imidazole rings is 1. The van der Waals surface area contributed by atoms with Crippen LogP contribution in [0.2, 0.25) is 0 Å². The van der Waals surface area contributed by atoms with E-state index in [-0.39, 0.29) is 6.42 Å². The van der Waals surface area contributed by atoms with Crippen LogP contribution in [0.15, 0.2) is 12.5 Å². The number of alkyl halides is 3. The minimum absolute atomic E-state index is 0.118. The van der Waals surface area contributed by atoms with Gasteiger partial charge in [-0.1, -0.05) is 0 Å². The molecule has 0 radical (unpaired) electrons. The number of aryl methyl sites for hydroxylation is 1. The maximum absolute atomic E-state index is 12.0. The Balaban J connectivity index is 1.87. The Kier molecular flexibility index (Phi) is 3.18. The van der Waals surface area contributed by atoms with Gasteiger partial charge in [0.2, 0.25) is 0 Å². The van der Waals surface area contributed by atoms with Crippen molar-refractivity contribution in [3.8, 4) is 0 Å². The Bertz CT molecular complexity index is 341. The average molecular weight is 233 g/mol. The smallest absolute Gasteiger partial charge is 0.334 e. The van der Waals surface area contributed by atoms with Crippen molar-refractivity contribution in [1.82, 2.24) is 14.9 Å². The molecule has 2 heterocycles. The number of rotatable bonds is 4. The maximum atomic E-state index is 12.0. The highest BCUT2D eigenvalue weighted by atomic mass is 19.4. The van der Waals surface area contributed by atoms with Gasteiger partial charge in [0.15, 0.2) is 0 Å². The molecule has 0 spiro atoms. The zero-order valence-corrected chi connectivity index (χ0v) is 8.80. The predicted octanol–water partition coefficient (Wildman–Crippen LogP) is 1.91. The number of hydrogen-bond acceptors (Lipinski definition) is 2. The first-order chi connectivity index (χ1) is 7.56. The van der Waals surface area contributed by atoms with E-state index in [0.29, 0.717) is 12.5 Å². The lowest BCUT2D eigenvalue weighted by Crippen LogP contribution is -2.40. The van der Waals surface area contributed by atoms with Gasteiger partial charge >= 0.3 is 6.18 Å². The molecule has 1 fully saturated rings. The molecule has 0 saturated carbocycles. The van der Waals surface area contributed by atoms with Gasteiger partial charge in [-0.15, -0.1) is 0 Å². The molecule has 0 bridgehead atoms. The van der Waals surface area contributed by atoms with E-state index >= 15 is 0 Å². The lowest BCUT2D eigenvalue weighted by atomic mass is 10.00. The van der Waals surface area contributed by atoms with E-state index in [1.807, 2.05) is 4.57 Å². The first-order valence-corrected chi connectivity index (χ1v) is 5.34. The van der Waals surface area contributed by atoms with E-state index in [1.54, 1.807) is 12.5 Å². The summed E-state index contributed by atoms with van der Waals surface area (Å²) in [6.07, 6.45) is -1.30. The van der Waals surface area contributed by atoms with E-state index in [4.69, 9.17) is 0 Å². The predicted molar refractivity (Wildman–Crippen MR) is 53.1 cm³/mol. The molecule has 0 aromatic carbocycles. The van der Waals surface area contributed by atoms with E-state index in [2.05, 4.69) is 10.3 Å². The molecule has 1 aromatic heterocycles. The normalized spacial score (nSPS) is 17.4. The highest BCUT2D eigenvalue weighted by Gasteiger charge is 2.27. The minimum atomic E-state index is -4.06. The summed E-state index contributed by atoms with van der Waals surface area (Å²) >= 11 is 0. The molecule has 3 nitrogen and oxygen atoms in total. The molecular formula is C10H14F3N3. The Morgan fingerprint density at radius 3 is 2.75 bits per heavy atom. The van der Waals surface area contributed by atoms with E-state index in [0.717, 1.165) is 18.8 Å². The first kappa shape index (κ1) is 11.4. The van der Waals surface area contributed by atoms with Crippen molar-refractivity contribution in [3.05, 3.63) is 18.2 Å². The third kappa shape index (κ3) is 2.75. The van der Waals surface area contributed by atoms with Gasteiger partial charge in [0.25, 0.3) is 0 Å². The molecule has 16 heavy (non-hydrogen) atoms. The third-order valence-electron chi connectivity index (χ3n) is 2.80. The molecule has 1 aliphatic rings. The molecule has 90 valence electrons. The Hall–Kier alpha value is -1.04. The summed E-state index contributed by atoms with van der Waals surface area (Å²) in [5, 5.41) is 3.14. The largest absolute Gasteiger partial charge is 0.389 e. The van der Waals surface area contributed by atoms with Gasteiger partial charge in [-0.05, 0) is 6.42 Å². The van der Waals surface area contributed by atoms with Crippen molar-refractivity contribution in [2.45, 2.75) is 31.5 Å². The summed E-state index contributed by atoms with van der Waals surface area (Å²) in [4.78, 5) is 3.99.